The Kier molecular flexibility index (Phi) is 5.15. The largest absolute Gasteiger partial charge is 0.392 e. The predicted molar refractivity (Wildman–Crippen MR) is 82.3 cm³/mol. The molecule has 0 fully saturated rings. The quantitative estimate of drug-likeness (QED) is 0.714. The number of hydrogen-bond donors (Lipinski definition) is 3. The van der Waals surface area contributed by atoms with Crippen molar-refractivity contribution in [2.75, 3.05) is 6.54 Å². The molecule has 3 N–H and O–H groups in total. The maximum Gasteiger partial charge on any atom is 0.240 e. The van der Waals surface area contributed by atoms with Gasteiger partial charge in [-0.1, -0.05) is 15.9 Å². The van der Waals surface area contributed by atoms with Gasteiger partial charge in [0.2, 0.25) is 10.0 Å². The van der Waals surface area contributed by atoms with Crippen LogP contribution >= 0.6 is 15.9 Å². The number of aromatic amines is 1. The van der Waals surface area contributed by atoms with Crippen LogP contribution in [0.15, 0.2) is 34.0 Å². The lowest BCUT2D eigenvalue weighted by Crippen LogP contribution is -2.27. The van der Waals surface area contributed by atoms with E-state index in [2.05, 4.69) is 30.6 Å². The SMILES string of the molecule is Cc1c(Br)cc(CO)cc1S(=O)(=O)NCCc1cnc[nH]1. The Bertz CT molecular complexity index is 715. The van der Waals surface area contributed by atoms with Crippen LogP contribution in [0.2, 0.25) is 0 Å². The van der Waals surface area contributed by atoms with Crippen LogP contribution in [0, 0.1) is 6.92 Å². The van der Waals surface area contributed by atoms with Crippen molar-refractivity contribution in [2.24, 2.45) is 0 Å². The first-order valence-electron chi connectivity index (χ1n) is 6.31. The lowest BCUT2D eigenvalue weighted by atomic mass is 10.2. The van der Waals surface area contributed by atoms with Crippen molar-refractivity contribution in [3.63, 3.8) is 0 Å². The van der Waals surface area contributed by atoms with Crippen molar-refractivity contribution in [3.05, 3.63) is 46.0 Å². The third kappa shape index (κ3) is 3.91. The molecule has 1 heterocycles. The summed E-state index contributed by atoms with van der Waals surface area (Å²) in [6.07, 6.45) is 3.73. The molecule has 0 unspecified atom stereocenters. The molecule has 0 aliphatic carbocycles. The fraction of sp³-hybridized carbons (Fsp3) is 0.308. The Labute approximate surface area is 131 Å². The summed E-state index contributed by atoms with van der Waals surface area (Å²) in [7, 11) is -3.62. The molecule has 1 aromatic heterocycles. The molecule has 2 aromatic rings. The molecule has 2 rings (SSSR count). The molecule has 0 bridgehead atoms. The number of H-pyrrole nitrogens is 1. The van der Waals surface area contributed by atoms with Gasteiger partial charge in [-0.2, -0.15) is 0 Å². The van der Waals surface area contributed by atoms with Crippen molar-refractivity contribution < 1.29 is 13.5 Å². The maximum atomic E-state index is 12.4. The minimum atomic E-state index is -3.62. The molecule has 21 heavy (non-hydrogen) atoms. The van der Waals surface area contributed by atoms with Crippen LogP contribution < -0.4 is 4.72 Å². The van der Waals surface area contributed by atoms with Crippen LogP contribution in [0.1, 0.15) is 16.8 Å². The zero-order chi connectivity index (χ0) is 15.5. The lowest BCUT2D eigenvalue weighted by Gasteiger charge is -2.12. The first-order valence-corrected chi connectivity index (χ1v) is 8.58. The van der Waals surface area contributed by atoms with Crippen LogP contribution in [0.25, 0.3) is 0 Å². The van der Waals surface area contributed by atoms with E-state index in [1.54, 1.807) is 25.5 Å². The highest BCUT2D eigenvalue weighted by molar-refractivity contribution is 9.10. The van der Waals surface area contributed by atoms with E-state index in [9.17, 15) is 13.5 Å². The van der Waals surface area contributed by atoms with Crippen molar-refractivity contribution in [3.8, 4) is 0 Å². The maximum absolute atomic E-state index is 12.4. The fourth-order valence-corrected chi connectivity index (χ4v) is 3.88. The van der Waals surface area contributed by atoms with Gasteiger partial charge in [-0.25, -0.2) is 18.1 Å². The van der Waals surface area contributed by atoms with E-state index < -0.39 is 10.0 Å². The minimum Gasteiger partial charge on any atom is -0.392 e. The minimum absolute atomic E-state index is 0.172. The highest BCUT2D eigenvalue weighted by atomic mass is 79.9. The number of nitrogens with one attached hydrogen (secondary N) is 2. The van der Waals surface area contributed by atoms with Crippen LogP contribution in [0.4, 0.5) is 0 Å². The summed E-state index contributed by atoms with van der Waals surface area (Å²) in [5.74, 6) is 0. The highest BCUT2D eigenvalue weighted by Crippen LogP contribution is 2.25. The first kappa shape index (κ1) is 16.2. The summed E-state index contributed by atoms with van der Waals surface area (Å²) in [6.45, 7) is 1.77. The van der Waals surface area contributed by atoms with Gasteiger partial charge in [0.05, 0.1) is 17.8 Å². The van der Waals surface area contributed by atoms with Crippen LogP contribution in [0.3, 0.4) is 0 Å². The van der Waals surface area contributed by atoms with Crippen molar-refractivity contribution in [2.45, 2.75) is 24.8 Å². The zero-order valence-corrected chi connectivity index (χ0v) is 13.8. The average Bonchev–Trinajstić information content (AvgIpc) is 2.94. The van der Waals surface area contributed by atoms with E-state index in [4.69, 9.17) is 0 Å². The van der Waals surface area contributed by atoms with Gasteiger partial charge >= 0.3 is 0 Å². The standard InChI is InChI=1S/C13H16BrN3O3S/c1-9-12(14)4-10(7-18)5-13(9)21(19,20)17-3-2-11-6-15-8-16-11/h4-6,8,17-18H,2-3,7H2,1H3,(H,15,16). The molecule has 1 aromatic carbocycles. The van der Waals surface area contributed by atoms with Crippen molar-refractivity contribution in [1.29, 1.82) is 0 Å². The number of aromatic nitrogens is 2. The molecule has 0 saturated heterocycles. The molecular formula is C13H16BrN3O3S. The van der Waals surface area contributed by atoms with Gasteiger partial charge in [0.1, 0.15) is 0 Å². The van der Waals surface area contributed by atoms with E-state index >= 15 is 0 Å². The number of sulfonamides is 1. The topological polar surface area (TPSA) is 95.1 Å². The summed E-state index contributed by atoms with van der Waals surface area (Å²) in [5.41, 5.74) is 2.02. The Morgan fingerprint density at radius 2 is 2.19 bits per heavy atom. The van der Waals surface area contributed by atoms with Gasteiger partial charge in [0.25, 0.3) is 0 Å². The lowest BCUT2D eigenvalue weighted by molar-refractivity contribution is 0.281. The third-order valence-electron chi connectivity index (χ3n) is 3.07. The average molecular weight is 374 g/mol. The number of halogens is 1. The number of aliphatic hydroxyl groups is 1. The normalized spacial score (nSPS) is 11.8. The Hall–Kier alpha value is -1.22. The number of imidazole rings is 1. The van der Waals surface area contributed by atoms with E-state index in [0.717, 1.165) is 5.69 Å². The van der Waals surface area contributed by atoms with Gasteiger partial charge in [-0.05, 0) is 30.2 Å². The highest BCUT2D eigenvalue weighted by Gasteiger charge is 2.19. The van der Waals surface area contributed by atoms with Crippen LogP contribution in [-0.2, 0) is 23.1 Å². The fourth-order valence-electron chi connectivity index (χ4n) is 1.90. The number of nitrogens with zero attached hydrogens (tertiary/aromatic N) is 1. The monoisotopic (exact) mass is 373 g/mol. The number of aliphatic hydroxyl groups excluding tert-OH is 1. The summed E-state index contributed by atoms with van der Waals surface area (Å²) < 4.78 is 27.9. The molecule has 0 atom stereocenters. The van der Waals surface area contributed by atoms with Crippen molar-refractivity contribution in [1.82, 2.24) is 14.7 Å². The van der Waals surface area contributed by atoms with Gasteiger partial charge in [-0.3, -0.25) is 0 Å². The van der Waals surface area contributed by atoms with Crippen LogP contribution in [0.5, 0.6) is 0 Å². The van der Waals surface area contributed by atoms with Gasteiger partial charge in [0, 0.05) is 29.3 Å². The van der Waals surface area contributed by atoms with Crippen LogP contribution in [-0.4, -0.2) is 30.0 Å². The number of benzene rings is 1. The first-order chi connectivity index (χ1) is 9.94. The van der Waals surface area contributed by atoms with Gasteiger partial charge in [0.15, 0.2) is 0 Å². The summed E-state index contributed by atoms with van der Waals surface area (Å²) >= 11 is 3.31. The van der Waals surface area contributed by atoms with Crippen molar-refractivity contribution >= 4 is 26.0 Å². The second-order valence-corrected chi connectivity index (χ2v) is 7.17. The van der Waals surface area contributed by atoms with E-state index in [1.165, 1.54) is 6.07 Å². The van der Waals surface area contributed by atoms with Gasteiger partial charge < -0.3 is 10.1 Å². The molecule has 0 spiro atoms. The second kappa shape index (κ2) is 6.69. The second-order valence-electron chi connectivity index (χ2n) is 4.58. The Morgan fingerprint density at radius 3 is 2.81 bits per heavy atom. The number of hydrogen-bond acceptors (Lipinski definition) is 4. The zero-order valence-electron chi connectivity index (χ0n) is 11.4. The van der Waals surface area contributed by atoms with E-state index in [-0.39, 0.29) is 18.0 Å². The molecule has 0 aliphatic heterocycles. The summed E-state index contributed by atoms with van der Waals surface area (Å²) in [6, 6.07) is 3.19. The smallest absolute Gasteiger partial charge is 0.240 e. The Morgan fingerprint density at radius 1 is 1.43 bits per heavy atom. The third-order valence-corrected chi connectivity index (χ3v) is 5.48. The molecule has 0 amide bonds. The van der Waals surface area contributed by atoms with E-state index in [0.29, 0.717) is 22.0 Å². The molecular weight excluding hydrogens is 358 g/mol. The molecule has 8 heteroatoms. The molecule has 0 aliphatic rings. The molecule has 0 radical (unpaired) electrons. The molecule has 114 valence electrons. The summed E-state index contributed by atoms with van der Waals surface area (Å²) in [4.78, 5) is 6.96. The summed E-state index contributed by atoms with van der Waals surface area (Å²) in [5, 5.41) is 9.20. The molecule has 6 nitrogen and oxygen atoms in total. The predicted octanol–water partition coefficient (Wildman–Crippen LogP) is 1.49. The molecule has 0 saturated carbocycles. The number of rotatable bonds is 6. The van der Waals surface area contributed by atoms with E-state index in [1.807, 2.05) is 0 Å². The van der Waals surface area contributed by atoms with Gasteiger partial charge in [-0.15, -0.1) is 0 Å². The Balaban J connectivity index is 2.17.